The van der Waals surface area contributed by atoms with Crippen LogP contribution in [0.15, 0.2) is 54.6 Å². The maximum atomic E-state index is 12.9. The molecule has 5 nitrogen and oxygen atoms in total. The third kappa shape index (κ3) is 5.69. The van der Waals surface area contributed by atoms with Crippen molar-refractivity contribution in [1.82, 2.24) is 10.2 Å². The number of nitrogens with one attached hydrogen (secondary N) is 1. The first kappa shape index (κ1) is 19.2. The van der Waals surface area contributed by atoms with Crippen LogP contribution in [-0.2, 0) is 4.79 Å². The van der Waals surface area contributed by atoms with Crippen molar-refractivity contribution in [2.75, 3.05) is 44.2 Å². The van der Waals surface area contributed by atoms with Crippen LogP contribution in [0.2, 0.25) is 0 Å². The van der Waals surface area contributed by atoms with Crippen LogP contribution in [0, 0.1) is 5.82 Å². The molecule has 0 bridgehead atoms. The van der Waals surface area contributed by atoms with E-state index in [1.54, 1.807) is 0 Å². The monoisotopic (exact) mass is 371 g/mol. The molecule has 1 fully saturated rings. The zero-order chi connectivity index (χ0) is 19.1. The van der Waals surface area contributed by atoms with E-state index in [1.165, 1.54) is 30.0 Å². The third-order valence-electron chi connectivity index (χ3n) is 4.84. The Bertz CT molecular complexity index is 716. The molecule has 1 aliphatic rings. The normalized spacial score (nSPS) is 16.0. The molecule has 1 aliphatic heterocycles. The summed E-state index contributed by atoms with van der Waals surface area (Å²) in [6.45, 7) is 6.54. The lowest BCUT2D eigenvalue weighted by atomic mass is 10.2. The molecule has 6 heteroatoms. The van der Waals surface area contributed by atoms with Crippen LogP contribution in [0.5, 0.6) is 5.75 Å². The average molecular weight is 371 g/mol. The molecule has 0 spiro atoms. The quantitative estimate of drug-likeness (QED) is 0.812. The molecule has 27 heavy (non-hydrogen) atoms. The van der Waals surface area contributed by atoms with Gasteiger partial charge in [0.2, 0.25) is 0 Å². The minimum atomic E-state index is -0.326. The van der Waals surface area contributed by atoms with Crippen LogP contribution in [0.25, 0.3) is 0 Å². The molecule has 0 saturated carbocycles. The number of hydrogen-bond acceptors (Lipinski definition) is 4. The maximum Gasteiger partial charge on any atom is 0.257 e. The molecule has 144 valence electrons. The highest BCUT2D eigenvalue weighted by Crippen LogP contribution is 2.16. The molecule has 1 atom stereocenters. The van der Waals surface area contributed by atoms with E-state index in [0.717, 1.165) is 26.2 Å². The van der Waals surface area contributed by atoms with Gasteiger partial charge in [-0.2, -0.15) is 0 Å². The van der Waals surface area contributed by atoms with Crippen molar-refractivity contribution < 1.29 is 13.9 Å². The van der Waals surface area contributed by atoms with Crippen molar-refractivity contribution in [3.05, 3.63) is 60.4 Å². The van der Waals surface area contributed by atoms with Crippen molar-refractivity contribution in [3.63, 3.8) is 0 Å². The average Bonchev–Trinajstić information content (AvgIpc) is 2.72. The number of benzene rings is 2. The second-order valence-electron chi connectivity index (χ2n) is 6.75. The molecule has 2 aromatic carbocycles. The van der Waals surface area contributed by atoms with Gasteiger partial charge in [0.15, 0.2) is 6.61 Å². The number of para-hydroxylation sites is 1. The molecule has 1 heterocycles. The van der Waals surface area contributed by atoms with E-state index in [9.17, 15) is 9.18 Å². The number of carbonyl (C=O) groups is 1. The Kier molecular flexibility index (Phi) is 6.65. The summed E-state index contributed by atoms with van der Waals surface area (Å²) in [5, 5.41) is 2.91. The van der Waals surface area contributed by atoms with Gasteiger partial charge in [-0.25, -0.2) is 4.39 Å². The summed E-state index contributed by atoms with van der Waals surface area (Å²) in [4.78, 5) is 16.7. The molecule has 1 unspecified atom stereocenters. The van der Waals surface area contributed by atoms with Gasteiger partial charge in [-0.1, -0.05) is 18.2 Å². The van der Waals surface area contributed by atoms with E-state index in [4.69, 9.17) is 4.74 Å². The Balaban J connectivity index is 1.36. The minimum absolute atomic E-state index is 0.0693. The molecule has 1 saturated heterocycles. The second kappa shape index (κ2) is 9.37. The number of nitrogens with zero attached hydrogens (tertiary/aromatic N) is 2. The number of anilines is 1. The third-order valence-corrected chi connectivity index (χ3v) is 4.84. The number of rotatable bonds is 7. The predicted octanol–water partition coefficient (Wildman–Crippen LogP) is 2.53. The summed E-state index contributed by atoms with van der Waals surface area (Å²) in [6, 6.07) is 16.3. The predicted molar refractivity (Wildman–Crippen MR) is 105 cm³/mol. The van der Waals surface area contributed by atoms with Crippen molar-refractivity contribution in [1.29, 1.82) is 0 Å². The van der Waals surface area contributed by atoms with Gasteiger partial charge in [-0.15, -0.1) is 0 Å². The highest BCUT2D eigenvalue weighted by Gasteiger charge is 2.21. The van der Waals surface area contributed by atoms with Gasteiger partial charge in [-0.05, 0) is 43.3 Å². The first-order chi connectivity index (χ1) is 13.1. The molecule has 1 amide bonds. The summed E-state index contributed by atoms with van der Waals surface area (Å²) in [6.07, 6.45) is 0. The van der Waals surface area contributed by atoms with Crippen molar-refractivity contribution >= 4 is 11.6 Å². The van der Waals surface area contributed by atoms with Crippen LogP contribution in [-0.4, -0.2) is 56.2 Å². The Labute approximate surface area is 159 Å². The number of halogens is 1. The number of ether oxygens (including phenoxy) is 1. The SMILES string of the molecule is CC(CNC(=O)COc1ccc(F)cc1)N1CCN(c2ccccc2)CC1. The van der Waals surface area contributed by atoms with Crippen molar-refractivity contribution in [2.45, 2.75) is 13.0 Å². The van der Waals surface area contributed by atoms with E-state index in [1.807, 2.05) is 6.07 Å². The van der Waals surface area contributed by atoms with Crippen LogP contribution < -0.4 is 15.0 Å². The second-order valence-corrected chi connectivity index (χ2v) is 6.75. The highest BCUT2D eigenvalue weighted by molar-refractivity contribution is 5.77. The summed E-state index contributed by atoms with van der Waals surface area (Å²) < 4.78 is 18.2. The van der Waals surface area contributed by atoms with Crippen LogP contribution in [0.1, 0.15) is 6.92 Å². The molecule has 1 N–H and O–H groups in total. The number of piperazine rings is 1. The van der Waals surface area contributed by atoms with Crippen LogP contribution >= 0.6 is 0 Å². The zero-order valence-electron chi connectivity index (χ0n) is 15.6. The van der Waals surface area contributed by atoms with Crippen molar-refractivity contribution in [2.24, 2.45) is 0 Å². The smallest absolute Gasteiger partial charge is 0.257 e. The van der Waals surface area contributed by atoms with E-state index in [-0.39, 0.29) is 24.4 Å². The van der Waals surface area contributed by atoms with Crippen LogP contribution in [0.4, 0.5) is 10.1 Å². The molecular formula is C21H26FN3O2. The summed E-state index contributed by atoms with van der Waals surface area (Å²) in [5.41, 5.74) is 1.26. The summed E-state index contributed by atoms with van der Waals surface area (Å²) in [7, 11) is 0. The number of amides is 1. The lowest BCUT2D eigenvalue weighted by Crippen LogP contribution is -2.52. The lowest BCUT2D eigenvalue weighted by molar-refractivity contribution is -0.123. The topological polar surface area (TPSA) is 44.8 Å². The van der Waals surface area contributed by atoms with Gasteiger partial charge < -0.3 is 15.0 Å². The summed E-state index contributed by atoms with van der Waals surface area (Å²) in [5.74, 6) is -0.0151. The van der Waals surface area contributed by atoms with Gasteiger partial charge in [0.1, 0.15) is 11.6 Å². The number of hydrogen-bond donors (Lipinski definition) is 1. The van der Waals surface area contributed by atoms with Gasteiger partial charge in [0.05, 0.1) is 0 Å². The summed E-state index contributed by atoms with van der Waals surface area (Å²) >= 11 is 0. The minimum Gasteiger partial charge on any atom is -0.484 e. The molecule has 0 aliphatic carbocycles. The largest absolute Gasteiger partial charge is 0.484 e. The zero-order valence-corrected chi connectivity index (χ0v) is 15.6. The van der Waals surface area contributed by atoms with E-state index < -0.39 is 0 Å². The Morgan fingerprint density at radius 1 is 1.07 bits per heavy atom. The van der Waals surface area contributed by atoms with Crippen LogP contribution in [0.3, 0.4) is 0 Å². The fraction of sp³-hybridized carbons (Fsp3) is 0.381. The van der Waals surface area contributed by atoms with Crippen molar-refractivity contribution in [3.8, 4) is 5.75 Å². The standard InChI is InChI=1S/C21H26FN3O2/c1-17(15-23-21(26)16-27-20-9-7-18(22)8-10-20)24-11-13-25(14-12-24)19-5-3-2-4-6-19/h2-10,17H,11-16H2,1H3,(H,23,26). The first-order valence-corrected chi connectivity index (χ1v) is 9.31. The Morgan fingerprint density at radius 2 is 1.74 bits per heavy atom. The van der Waals surface area contributed by atoms with Gasteiger partial charge in [-0.3, -0.25) is 9.69 Å². The lowest BCUT2D eigenvalue weighted by Gasteiger charge is -2.39. The van der Waals surface area contributed by atoms with Gasteiger partial charge in [0, 0.05) is 44.5 Å². The molecule has 0 radical (unpaired) electrons. The van der Waals surface area contributed by atoms with E-state index in [2.05, 4.69) is 46.3 Å². The molecule has 0 aromatic heterocycles. The van der Waals surface area contributed by atoms with E-state index in [0.29, 0.717) is 12.3 Å². The highest BCUT2D eigenvalue weighted by atomic mass is 19.1. The molecule has 3 rings (SSSR count). The fourth-order valence-corrected chi connectivity index (χ4v) is 3.18. The number of carbonyl (C=O) groups excluding carboxylic acids is 1. The van der Waals surface area contributed by atoms with Gasteiger partial charge >= 0.3 is 0 Å². The maximum absolute atomic E-state index is 12.9. The van der Waals surface area contributed by atoms with Gasteiger partial charge in [0.25, 0.3) is 5.91 Å². The first-order valence-electron chi connectivity index (χ1n) is 9.31. The molecule has 2 aromatic rings. The molecular weight excluding hydrogens is 345 g/mol. The van der Waals surface area contributed by atoms with E-state index >= 15 is 0 Å². The Morgan fingerprint density at radius 3 is 2.41 bits per heavy atom. The Hall–Kier alpha value is -2.60. The fourth-order valence-electron chi connectivity index (χ4n) is 3.18.